The number of halogens is 3. The average Bonchev–Trinajstić information content (AvgIpc) is 2.43. The molecule has 0 heterocycles. The summed E-state index contributed by atoms with van der Waals surface area (Å²) in [5.41, 5.74) is -0.922. The van der Waals surface area contributed by atoms with Gasteiger partial charge in [-0.05, 0) is 24.3 Å². The molecule has 0 fully saturated rings. The van der Waals surface area contributed by atoms with E-state index >= 15 is 0 Å². The highest BCUT2D eigenvalue weighted by Gasteiger charge is 2.22. The molecule has 21 heavy (non-hydrogen) atoms. The quantitative estimate of drug-likeness (QED) is 0.897. The average molecular weight is 373 g/mol. The van der Waals surface area contributed by atoms with Gasteiger partial charge < -0.3 is 0 Å². The number of hydrogen-bond donors (Lipinski definition) is 1. The van der Waals surface area contributed by atoms with E-state index in [4.69, 9.17) is 5.26 Å². The standard InChI is InChI=1S/C13H7BrF2N2O2S/c14-9-5-10(15)13(11(16)6-9)18-21(19,20)12-4-2-1-3-8(12)7-17/h1-6,18H. The Bertz CT molecular complexity index is 824. The molecule has 0 aliphatic rings. The van der Waals surface area contributed by atoms with E-state index in [1.165, 1.54) is 24.3 Å². The number of nitrogens with one attached hydrogen (secondary N) is 1. The summed E-state index contributed by atoms with van der Waals surface area (Å²) in [5, 5.41) is 8.90. The zero-order valence-electron chi connectivity index (χ0n) is 10.3. The van der Waals surface area contributed by atoms with Gasteiger partial charge in [0, 0.05) is 4.47 Å². The summed E-state index contributed by atoms with van der Waals surface area (Å²) in [6, 6.07) is 8.93. The van der Waals surface area contributed by atoms with Crippen molar-refractivity contribution in [3.63, 3.8) is 0 Å². The van der Waals surface area contributed by atoms with Gasteiger partial charge in [0.1, 0.15) is 16.7 Å². The number of anilines is 1. The lowest BCUT2D eigenvalue weighted by Gasteiger charge is -2.11. The van der Waals surface area contributed by atoms with Crippen molar-refractivity contribution < 1.29 is 17.2 Å². The van der Waals surface area contributed by atoms with Crippen LogP contribution >= 0.6 is 15.9 Å². The van der Waals surface area contributed by atoms with Gasteiger partial charge in [-0.2, -0.15) is 5.26 Å². The van der Waals surface area contributed by atoms with Crippen molar-refractivity contribution in [3.8, 4) is 6.07 Å². The Morgan fingerprint density at radius 1 is 1.14 bits per heavy atom. The summed E-state index contributed by atoms with van der Waals surface area (Å²) in [5.74, 6) is -2.14. The van der Waals surface area contributed by atoms with E-state index in [0.29, 0.717) is 0 Å². The van der Waals surface area contributed by atoms with Crippen LogP contribution in [0.4, 0.5) is 14.5 Å². The fourth-order valence-corrected chi connectivity index (χ4v) is 3.26. The van der Waals surface area contributed by atoms with Gasteiger partial charge >= 0.3 is 0 Å². The Kier molecular flexibility index (Phi) is 4.25. The first kappa shape index (κ1) is 15.4. The predicted octanol–water partition coefficient (Wildman–Crippen LogP) is 3.40. The summed E-state index contributed by atoms with van der Waals surface area (Å²) in [4.78, 5) is -0.353. The molecular formula is C13H7BrF2N2O2S. The summed E-state index contributed by atoms with van der Waals surface area (Å²) in [7, 11) is -4.28. The summed E-state index contributed by atoms with van der Waals surface area (Å²) in [6.45, 7) is 0. The molecule has 0 unspecified atom stereocenters. The van der Waals surface area contributed by atoms with Crippen LogP contribution in [0.3, 0.4) is 0 Å². The zero-order chi connectivity index (χ0) is 15.6. The second-order valence-electron chi connectivity index (χ2n) is 3.96. The molecule has 4 nitrogen and oxygen atoms in total. The Hall–Kier alpha value is -1.98. The lowest BCUT2D eigenvalue weighted by Crippen LogP contribution is -2.16. The third-order valence-electron chi connectivity index (χ3n) is 2.54. The molecule has 0 atom stereocenters. The topological polar surface area (TPSA) is 70.0 Å². The van der Waals surface area contributed by atoms with E-state index in [-0.39, 0.29) is 14.9 Å². The van der Waals surface area contributed by atoms with E-state index in [9.17, 15) is 17.2 Å². The van der Waals surface area contributed by atoms with Crippen LogP contribution in [0.15, 0.2) is 45.8 Å². The van der Waals surface area contributed by atoms with Gasteiger partial charge in [0.25, 0.3) is 10.0 Å². The molecule has 0 spiro atoms. The minimum atomic E-state index is -4.28. The van der Waals surface area contributed by atoms with Gasteiger partial charge in [0.15, 0.2) is 11.6 Å². The molecule has 0 bridgehead atoms. The minimum absolute atomic E-state index is 0.122. The highest BCUT2D eigenvalue weighted by molar-refractivity contribution is 9.10. The van der Waals surface area contributed by atoms with E-state index in [1.807, 2.05) is 4.72 Å². The molecular weight excluding hydrogens is 366 g/mol. The third kappa shape index (κ3) is 3.20. The number of hydrogen-bond acceptors (Lipinski definition) is 3. The molecule has 0 radical (unpaired) electrons. The van der Waals surface area contributed by atoms with E-state index in [0.717, 1.165) is 12.1 Å². The lowest BCUT2D eigenvalue weighted by molar-refractivity contribution is 0.582. The maximum atomic E-state index is 13.7. The monoisotopic (exact) mass is 372 g/mol. The molecule has 0 aliphatic heterocycles. The van der Waals surface area contributed by atoms with Crippen LogP contribution in [0.1, 0.15) is 5.56 Å². The van der Waals surface area contributed by atoms with Crippen molar-refractivity contribution in [2.75, 3.05) is 4.72 Å². The van der Waals surface area contributed by atoms with Crippen LogP contribution in [0.5, 0.6) is 0 Å². The normalized spacial score (nSPS) is 11.0. The predicted molar refractivity (Wildman–Crippen MR) is 76.0 cm³/mol. The van der Waals surface area contributed by atoms with E-state index in [1.54, 1.807) is 6.07 Å². The molecule has 2 aromatic carbocycles. The van der Waals surface area contributed by atoms with Gasteiger partial charge in [0.05, 0.1) is 5.56 Å². The lowest BCUT2D eigenvalue weighted by atomic mass is 10.2. The molecule has 2 rings (SSSR count). The first-order chi connectivity index (χ1) is 9.85. The maximum Gasteiger partial charge on any atom is 0.263 e. The Morgan fingerprint density at radius 3 is 2.29 bits per heavy atom. The molecule has 0 aromatic heterocycles. The molecule has 1 N–H and O–H groups in total. The fraction of sp³-hybridized carbons (Fsp3) is 0. The second kappa shape index (κ2) is 5.79. The van der Waals surface area contributed by atoms with Crippen LogP contribution in [0.2, 0.25) is 0 Å². The summed E-state index contributed by atoms with van der Waals surface area (Å²) < 4.78 is 53.6. The molecule has 0 saturated heterocycles. The first-order valence-corrected chi connectivity index (χ1v) is 7.79. The third-order valence-corrected chi connectivity index (χ3v) is 4.41. The van der Waals surface area contributed by atoms with Gasteiger partial charge in [-0.1, -0.05) is 28.1 Å². The van der Waals surface area contributed by atoms with Crippen molar-refractivity contribution in [1.82, 2.24) is 0 Å². The van der Waals surface area contributed by atoms with Gasteiger partial charge in [0.2, 0.25) is 0 Å². The van der Waals surface area contributed by atoms with Gasteiger partial charge in [-0.25, -0.2) is 17.2 Å². The number of nitriles is 1. The molecule has 2 aromatic rings. The molecule has 108 valence electrons. The maximum absolute atomic E-state index is 13.7. The highest BCUT2D eigenvalue weighted by atomic mass is 79.9. The van der Waals surface area contributed by atoms with Crippen molar-refractivity contribution >= 4 is 31.6 Å². The highest BCUT2D eigenvalue weighted by Crippen LogP contribution is 2.27. The van der Waals surface area contributed by atoms with E-state index in [2.05, 4.69) is 15.9 Å². The van der Waals surface area contributed by atoms with Crippen LogP contribution in [-0.4, -0.2) is 8.42 Å². The van der Waals surface area contributed by atoms with Gasteiger partial charge in [-0.3, -0.25) is 4.72 Å². The molecule has 8 heteroatoms. The fourth-order valence-electron chi connectivity index (χ4n) is 1.62. The summed E-state index contributed by atoms with van der Waals surface area (Å²) >= 11 is 2.89. The Morgan fingerprint density at radius 2 is 1.71 bits per heavy atom. The minimum Gasteiger partial charge on any atom is -0.274 e. The Labute approximate surface area is 128 Å². The molecule has 0 saturated carbocycles. The number of nitrogens with zero attached hydrogens (tertiary/aromatic N) is 1. The van der Waals surface area contributed by atoms with E-state index < -0.39 is 27.3 Å². The SMILES string of the molecule is N#Cc1ccccc1S(=O)(=O)Nc1c(F)cc(Br)cc1F. The van der Waals surface area contributed by atoms with Crippen LogP contribution in [-0.2, 0) is 10.0 Å². The smallest absolute Gasteiger partial charge is 0.263 e. The first-order valence-electron chi connectivity index (χ1n) is 5.51. The molecule has 0 aliphatic carbocycles. The van der Waals surface area contributed by atoms with Crippen molar-refractivity contribution in [1.29, 1.82) is 5.26 Å². The van der Waals surface area contributed by atoms with Crippen LogP contribution in [0.25, 0.3) is 0 Å². The largest absolute Gasteiger partial charge is 0.274 e. The summed E-state index contributed by atoms with van der Waals surface area (Å²) in [6.07, 6.45) is 0. The zero-order valence-corrected chi connectivity index (χ0v) is 12.7. The van der Waals surface area contributed by atoms with Crippen molar-refractivity contribution in [2.45, 2.75) is 4.90 Å². The number of sulfonamides is 1. The van der Waals surface area contributed by atoms with Crippen LogP contribution in [0, 0.1) is 23.0 Å². The van der Waals surface area contributed by atoms with Gasteiger partial charge in [-0.15, -0.1) is 0 Å². The number of benzene rings is 2. The van der Waals surface area contributed by atoms with Crippen molar-refractivity contribution in [3.05, 3.63) is 58.1 Å². The molecule has 0 amide bonds. The van der Waals surface area contributed by atoms with Crippen LogP contribution < -0.4 is 4.72 Å². The number of rotatable bonds is 3. The Balaban J connectivity index is 2.51. The van der Waals surface area contributed by atoms with Crippen molar-refractivity contribution in [2.24, 2.45) is 0 Å². The second-order valence-corrected chi connectivity index (χ2v) is 6.52.